The minimum Gasteiger partial charge on any atom is -0.340 e. The Hall–Kier alpha value is -1.98. The zero-order valence-corrected chi connectivity index (χ0v) is 13.2. The fraction of sp³-hybridized carbons (Fsp3) is 0.438. The SMILES string of the molecule is Cc1ccc(C)c(SCC(=O)N(CCC#N)CCC#N)c1. The second kappa shape index (κ2) is 9.05. The normalized spacial score (nSPS) is 9.71. The zero-order valence-electron chi connectivity index (χ0n) is 12.4. The number of rotatable bonds is 7. The number of amides is 1. The van der Waals surface area contributed by atoms with Crippen LogP contribution in [0, 0.1) is 36.5 Å². The van der Waals surface area contributed by atoms with Crippen molar-refractivity contribution in [1.29, 1.82) is 10.5 Å². The molecule has 0 heterocycles. The molecule has 1 aromatic carbocycles. The van der Waals surface area contributed by atoms with Crippen LogP contribution in [0.25, 0.3) is 0 Å². The first-order chi connectivity index (χ1) is 10.1. The molecule has 0 radical (unpaired) electrons. The van der Waals surface area contributed by atoms with Crippen LogP contribution in [0.5, 0.6) is 0 Å². The van der Waals surface area contributed by atoms with Gasteiger partial charge in [-0.15, -0.1) is 11.8 Å². The maximum absolute atomic E-state index is 12.2. The van der Waals surface area contributed by atoms with Gasteiger partial charge in [-0.25, -0.2) is 0 Å². The molecule has 0 atom stereocenters. The van der Waals surface area contributed by atoms with Gasteiger partial charge >= 0.3 is 0 Å². The molecule has 0 spiro atoms. The van der Waals surface area contributed by atoms with E-state index in [1.165, 1.54) is 17.3 Å². The third-order valence-electron chi connectivity index (χ3n) is 3.03. The summed E-state index contributed by atoms with van der Waals surface area (Å²) in [5.74, 6) is 0.313. The first kappa shape index (κ1) is 17.1. The number of hydrogen-bond acceptors (Lipinski definition) is 4. The number of carbonyl (C=O) groups excluding carboxylic acids is 1. The van der Waals surface area contributed by atoms with Gasteiger partial charge < -0.3 is 4.90 Å². The number of hydrogen-bond donors (Lipinski definition) is 0. The molecule has 0 N–H and O–H groups in total. The molecule has 1 amide bonds. The second-order valence-electron chi connectivity index (χ2n) is 4.75. The Morgan fingerprint density at radius 2 is 1.81 bits per heavy atom. The van der Waals surface area contributed by atoms with Gasteiger partial charge in [0.05, 0.1) is 30.7 Å². The van der Waals surface area contributed by atoms with Gasteiger partial charge in [-0.2, -0.15) is 10.5 Å². The van der Waals surface area contributed by atoms with Crippen LogP contribution in [-0.4, -0.2) is 29.6 Å². The maximum atomic E-state index is 12.2. The summed E-state index contributed by atoms with van der Waals surface area (Å²) in [5, 5.41) is 17.3. The number of nitriles is 2. The van der Waals surface area contributed by atoms with E-state index in [9.17, 15) is 4.79 Å². The van der Waals surface area contributed by atoms with Gasteiger partial charge in [0.1, 0.15) is 0 Å². The molecular weight excluding hydrogens is 282 g/mol. The standard InChI is InChI=1S/C16H19N3OS/c1-13-5-6-14(2)15(11-13)21-12-16(20)19(9-3-7-17)10-4-8-18/h5-6,11H,3-4,9-10,12H2,1-2H3. The van der Waals surface area contributed by atoms with Crippen LogP contribution in [0.15, 0.2) is 23.1 Å². The van der Waals surface area contributed by atoms with E-state index < -0.39 is 0 Å². The maximum Gasteiger partial charge on any atom is 0.232 e. The first-order valence-electron chi connectivity index (χ1n) is 6.80. The van der Waals surface area contributed by atoms with Gasteiger partial charge in [-0.1, -0.05) is 17.7 Å². The Morgan fingerprint density at radius 3 is 2.38 bits per heavy atom. The largest absolute Gasteiger partial charge is 0.340 e. The fourth-order valence-electron chi connectivity index (χ4n) is 1.82. The van der Waals surface area contributed by atoms with Gasteiger partial charge in [-0.05, 0) is 25.5 Å². The van der Waals surface area contributed by atoms with Crippen LogP contribution in [0.1, 0.15) is 24.0 Å². The summed E-state index contributed by atoms with van der Waals surface area (Å²) < 4.78 is 0. The molecule has 1 aromatic rings. The van der Waals surface area contributed by atoms with Crippen LogP contribution < -0.4 is 0 Å². The smallest absolute Gasteiger partial charge is 0.232 e. The molecule has 0 aromatic heterocycles. The molecule has 0 unspecified atom stereocenters. The molecule has 0 bridgehead atoms. The van der Waals surface area contributed by atoms with E-state index >= 15 is 0 Å². The molecule has 0 aliphatic heterocycles. The van der Waals surface area contributed by atoms with E-state index in [0.717, 1.165) is 10.5 Å². The van der Waals surface area contributed by atoms with Crippen LogP contribution in [0.3, 0.4) is 0 Å². The number of thioether (sulfide) groups is 1. The van der Waals surface area contributed by atoms with Gasteiger partial charge in [0.25, 0.3) is 0 Å². The minimum absolute atomic E-state index is 0.0218. The van der Waals surface area contributed by atoms with Crippen LogP contribution >= 0.6 is 11.8 Å². The molecule has 0 saturated carbocycles. The first-order valence-corrected chi connectivity index (χ1v) is 7.78. The Kier molecular flexibility index (Phi) is 7.36. The van der Waals surface area contributed by atoms with Gasteiger partial charge in [0.2, 0.25) is 5.91 Å². The lowest BCUT2D eigenvalue weighted by Gasteiger charge is -2.20. The number of aryl methyl sites for hydroxylation is 2. The van der Waals surface area contributed by atoms with Crippen molar-refractivity contribution in [2.45, 2.75) is 31.6 Å². The summed E-state index contributed by atoms with van der Waals surface area (Å²) >= 11 is 1.51. The topological polar surface area (TPSA) is 67.9 Å². The molecule has 0 aliphatic carbocycles. The molecule has 1 rings (SSSR count). The van der Waals surface area contributed by atoms with Gasteiger partial charge in [0, 0.05) is 18.0 Å². The summed E-state index contributed by atoms with van der Waals surface area (Å²) in [6.07, 6.45) is 0.594. The van der Waals surface area contributed by atoms with Gasteiger partial charge in [-0.3, -0.25) is 4.79 Å². The summed E-state index contributed by atoms with van der Waals surface area (Å²) in [6.45, 7) is 4.83. The highest BCUT2D eigenvalue weighted by atomic mass is 32.2. The van der Waals surface area contributed by atoms with E-state index in [0.29, 0.717) is 31.7 Å². The molecule has 5 heteroatoms. The molecule has 4 nitrogen and oxygen atoms in total. The van der Waals surface area contributed by atoms with Crippen LogP contribution in [0.2, 0.25) is 0 Å². The molecule has 110 valence electrons. The summed E-state index contributed by atoms with van der Waals surface area (Å²) in [7, 11) is 0. The van der Waals surface area contributed by atoms with Crippen molar-refractivity contribution in [2.75, 3.05) is 18.8 Å². The van der Waals surface area contributed by atoms with Crippen molar-refractivity contribution >= 4 is 17.7 Å². The Morgan fingerprint density at radius 1 is 1.19 bits per heavy atom. The average molecular weight is 301 g/mol. The molecular formula is C16H19N3OS. The predicted molar refractivity (Wildman–Crippen MR) is 83.7 cm³/mol. The quantitative estimate of drug-likeness (QED) is 0.726. The van der Waals surface area contributed by atoms with Crippen molar-refractivity contribution in [1.82, 2.24) is 4.90 Å². The Balaban J connectivity index is 2.62. The Labute approximate surface area is 130 Å². The third kappa shape index (κ3) is 5.89. The highest BCUT2D eigenvalue weighted by molar-refractivity contribution is 8.00. The summed E-state index contributed by atoms with van der Waals surface area (Å²) in [4.78, 5) is 14.9. The number of benzene rings is 1. The van der Waals surface area contributed by atoms with Crippen LogP contribution in [-0.2, 0) is 4.79 Å². The van der Waals surface area contributed by atoms with Gasteiger partial charge in [0.15, 0.2) is 0 Å². The number of nitrogens with zero attached hydrogens (tertiary/aromatic N) is 3. The van der Waals surface area contributed by atoms with Crippen molar-refractivity contribution in [2.24, 2.45) is 0 Å². The lowest BCUT2D eigenvalue weighted by Crippen LogP contribution is -2.34. The lowest BCUT2D eigenvalue weighted by atomic mass is 10.2. The monoisotopic (exact) mass is 301 g/mol. The van der Waals surface area contributed by atoms with E-state index in [-0.39, 0.29) is 5.91 Å². The van der Waals surface area contributed by atoms with Crippen LogP contribution in [0.4, 0.5) is 0 Å². The van der Waals surface area contributed by atoms with Crippen molar-refractivity contribution < 1.29 is 4.79 Å². The van der Waals surface area contributed by atoms with E-state index in [1.807, 2.05) is 38.1 Å². The van der Waals surface area contributed by atoms with E-state index in [4.69, 9.17) is 10.5 Å². The fourth-order valence-corrected chi connectivity index (χ4v) is 2.85. The zero-order chi connectivity index (χ0) is 15.7. The highest BCUT2D eigenvalue weighted by Gasteiger charge is 2.13. The number of carbonyl (C=O) groups is 1. The van der Waals surface area contributed by atoms with Crippen molar-refractivity contribution in [3.05, 3.63) is 29.3 Å². The highest BCUT2D eigenvalue weighted by Crippen LogP contribution is 2.23. The molecule has 0 saturated heterocycles. The average Bonchev–Trinajstić information content (AvgIpc) is 2.48. The minimum atomic E-state index is -0.0218. The summed E-state index contributed by atoms with van der Waals surface area (Å²) in [6, 6.07) is 10.2. The van der Waals surface area contributed by atoms with Crippen molar-refractivity contribution in [3.8, 4) is 12.1 Å². The van der Waals surface area contributed by atoms with E-state index in [1.54, 1.807) is 4.90 Å². The summed E-state index contributed by atoms with van der Waals surface area (Å²) in [5.41, 5.74) is 2.32. The van der Waals surface area contributed by atoms with E-state index in [2.05, 4.69) is 6.07 Å². The molecule has 0 aliphatic rings. The third-order valence-corrected chi connectivity index (χ3v) is 4.18. The second-order valence-corrected chi connectivity index (χ2v) is 5.77. The lowest BCUT2D eigenvalue weighted by molar-refractivity contribution is -0.128. The van der Waals surface area contributed by atoms with Crippen molar-refractivity contribution in [3.63, 3.8) is 0 Å². The predicted octanol–water partition coefficient (Wildman–Crippen LogP) is 3.05. The molecule has 21 heavy (non-hydrogen) atoms. The molecule has 0 fully saturated rings. The Bertz CT molecular complexity index is 554.